The van der Waals surface area contributed by atoms with E-state index in [9.17, 15) is 0 Å². The molecule has 1 aliphatic heterocycles. The number of rotatable bonds is 8. The van der Waals surface area contributed by atoms with Crippen LogP contribution in [0.2, 0.25) is 0 Å². The number of morpholine rings is 1. The zero-order chi connectivity index (χ0) is 14.9. The lowest BCUT2D eigenvalue weighted by Gasteiger charge is -2.26. The maximum absolute atomic E-state index is 5.35. The van der Waals surface area contributed by atoms with E-state index < -0.39 is 0 Å². The average molecular weight is 295 g/mol. The van der Waals surface area contributed by atoms with E-state index in [4.69, 9.17) is 9.47 Å². The zero-order valence-electron chi connectivity index (χ0n) is 13.0. The number of hydrogen-bond acceptors (Lipinski definition) is 7. The highest BCUT2D eigenvalue weighted by molar-refractivity contribution is 5.38. The van der Waals surface area contributed by atoms with Crippen molar-refractivity contribution in [3.63, 3.8) is 0 Å². The van der Waals surface area contributed by atoms with Crippen LogP contribution in [0.4, 0.5) is 11.9 Å². The predicted molar refractivity (Wildman–Crippen MR) is 82.0 cm³/mol. The topological polar surface area (TPSA) is 72.4 Å². The highest BCUT2D eigenvalue weighted by Gasteiger charge is 2.16. The van der Waals surface area contributed by atoms with Crippen LogP contribution in [0, 0.1) is 0 Å². The molecule has 2 heterocycles. The Morgan fingerprint density at radius 2 is 1.95 bits per heavy atom. The Labute approximate surface area is 126 Å². The van der Waals surface area contributed by atoms with Crippen molar-refractivity contribution in [3.8, 4) is 6.01 Å². The van der Waals surface area contributed by atoms with E-state index in [0.29, 0.717) is 31.1 Å². The maximum atomic E-state index is 5.35. The number of nitrogens with one attached hydrogen (secondary N) is 1. The van der Waals surface area contributed by atoms with Crippen LogP contribution in [0.3, 0.4) is 0 Å². The second kappa shape index (κ2) is 8.61. The molecule has 0 aliphatic carbocycles. The number of aromatic nitrogens is 3. The van der Waals surface area contributed by atoms with Gasteiger partial charge >= 0.3 is 6.01 Å². The summed E-state index contributed by atoms with van der Waals surface area (Å²) in [4.78, 5) is 15.1. The van der Waals surface area contributed by atoms with Gasteiger partial charge in [-0.05, 0) is 6.42 Å². The minimum atomic E-state index is 0.350. The van der Waals surface area contributed by atoms with Crippen LogP contribution in [0.1, 0.15) is 32.6 Å². The summed E-state index contributed by atoms with van der Waals surface area (Å²) < 4.78 is 10.5. The molecule has 1 aromatic rings. The second-order valence-electron chi connectivity index (χ2n) is 5.03. The fourth-order valence-corrected chi connectivity index (χ4v) is 2.17. The first-order valence-corrected chi connectivity index (χ1v) is 7.70. The predicted octanol–water partition coefficient (Wildman–Crippen LogP) is 1.71. The van der Waals surface area contributed by atoms with Crippen molar-refractivity contribution in [2.75, 3.05) is 50.2 Å². The van der Waals surface area contributed by atoms with E-state index in [1.807, 2.05) is 0 Å². The highest BCUT2D eigenvalue weighted by Crippen LogP contribution is 2.16. The van der Waals surface area contributed by atoms with Crippen molar-refractivity contribution >= 4 is 11.9 Å². The number of anilines is 2. The Morgan fingerprint density at radius 3 is 2.67 bits per heavy atom. The van der Waals surface area contributed by atoms with Gasteiger partial charge < -0.3 is 19.7 Å². The van der Waals surface area contributed by atoms with E-state index in [-0.39, 0.29) is 0 Å². The molecule has 118 valence electrons. The lowest BCUT2D eigenvalue weighted by molar-refractivity contribution is 0.122. The normalized spacial score (nSPS) is 15.0. The van der Waals surface area contributed by atoms with Crippen molar-refractivity contribution in [3.05, 3.63) is 0 Å². The fraction of sp³-hybridized carbons (Fsp3) is 0.786. The molecule has 0 bridgehead atoms. The molecule has 1 saturated heterocycles. The quantitative estimate of drug-likeness (QED) is 0.732. The highest BCUT2D eigenvalue weighted by atomic mass is 16.5. The number of hydrogen-bond donors (Lipinski definition) is 1. The van der Waals surface area contributed by atoms with Gasteiger partial charge in [0, 0.05) is 19.6 Å². The second-order valence-corrected chi connectivity index (χ2v) is 5.03. The maximum Gasteiger partial charge on any atom is 0.322 e. The van der Waals surface area contributed by atoms with Crippen LogP contribution in [-0.2, 0) is 4.74 Å². The first-order chi connectivity index (χ1) is 10.3. The summed E-state index contributed by atoms with van der Waals surface area (Å²) in [7, 11) is 1.57. The summed E-state index contributed by atoms with van der Waals surface area (Å²) >= 11 is 0. The molecule has 1 N–H and O–H groups in total. The molecule has 7 heteroatoms. The minimum Gasteiger partial charge on any atom is -0.467 e. The smallest absolute Gasteiger partial charge is 0.322 e. The molecule has 0 aromatic carbocycles. The van der Waals surface area contributed by atoms with Gasteiger partial charge in [0.2, 0.25) is 11.9 Å². The fourth-order valence-electron chi connectivity index (χ4n) is 2.17. The summed E-state index contributed by atoms with van der Waals surface area (Å²) in [6.07, 6.45) is 4.85. The first kappa shape index (κ1) is 15.8. The lowest BCUT2D eigenvalue weighted by atomic mass is 10.2. The zero-order valence-corrected chi connectivity index (χ0v) is 13.0. The molecule has 0 radical (unpaired) electrons. The van der Waals surface area contributed by atoms with Gasteiger partial charge in [0.25, 0.3) is 0 Å². The monoisotopic (exact) mass is 295 g/mol. The molecule has 0 amide bonds. The van der Waals surface area contributed by atoms with Gasteiger partial charge in [-0.25, -0.2) is 0 Å². The third-order valence-corrected chi connectivity index (χ3v) is 3.39. The molecule has 1 aliphatic rings. The van der Waals surface area contributed by atoms with Gasteiger partial charge in [-0.15, -0.1) is 0 Å². The van der Waals surface area contributed by atoms with Crippen LogP contribution < -0.4 is 15.0 Å². The van der Waals surface area contributed by atoms with Gasteiger partial charge in [-0.3, -0.25) is 0 Å². The largest absolute Gasteiger partial charge is 0.467 e. The molecule has 7 nitrogen and oxygen atoms in total. The Hall–Kier alpha value is -1.63. The van der Waals surface area contributed by atoms with Crippen LogP contribution in [-0.4, -0.2) is 54.9 Å². The number of methoxy groups -OCH3 is 1. The van der Waals surface area contributed by atoms with Crippen LogP contribution in [0.5, 0.6) is 6.01 Å². The van der Waals surface area contributed by atoms with E-state index in [0.717, 1.165) is 26.1 Å². The van der Waals surface area contributed by atoms with Crippen LogP contribution >= 0.6 is 0 Å². The molecular formula is C14H25N5O2. The molecule has 0 spiro atoms. The van der Waals surface area contributed by atoms with Gasteiger partial charge in [0.1, 0.15) is 0 Å². The molecule has 1 fully saturated rings. The molecule has 2 rings (SSSR count). The Bertz CT molecular complexity index is 424. The van der Waals surface area contributed by atoms with Crippen LogP contribution in [0.15, 0.2) is 0 Å². The Kier molecular flexibility index (Phi) is 6.46. The summed E-state index contributed by atoms with van der Waals surface area (Å²) in [5.74, 6) is 1.24. The van der Waals surface area contributed by atoms with Crippen molar-refractivity contribution in [2.45, 2.75) is 32.6 Å². The molecule has 1 aromatic heterocycles. The average Bonchev–Trinajstić information content (AvgIpc) is 2.55. The number of ether oxygens (including phenoxy) is 2. The first-order valence-electron chi connectivity index (χ1n) is 7.70. The van der Waals surface area contributed by atoms with Crippen molar-refractivity contribution in [2.24, 2.45) is 0 Å². The molecule has 21 heavy (non-hydrogen) atoms. The van der Waals surface area contributed by atoms with Crippen LogP contribution in [0.25, 0.3) is 0 Å². The van der Waals surface area contributed by atoms with Gasteiger partial charge in [-0.2, -0.15) is 15.0 Å². The van der Waals surface area contributed by atoms with Gasteiger partial charge in [0.15, 0.2) is 0 Å². The van der Waals surface area contributed by atoms with E-state index in [1.165, 1.54) is 19.3 Å². The SMILES string of the molecule is CCCCCCNc1nc(OC)nc(N2CCOCC2)n1. The minimum absolute atomic E-state index is 0.350. The third-order valence-electron chi connectivity index (χ3n) is 3.39. The molecule has 0 atom stereocenters. The molecular weight excluding hydrogens is 270 g/mol. The number of nitrogens with zero attached hydrogens (tertiary/aromatic N) is 4. The van der Waals surface area contributed by atoms with Crippen molar-refractivity contribution < 1.29 is 9.47 Å². The lowest BCUT2D eigenvalue weighted by Crippen LogP contribution is -2.37. The van der Waals surface area contributed by atoms with E-state index >= 15 is 0 Å². The standard InChI is InChI=1S/C14H25N5O2/c1-3-4-5-6-7-15-12-16-13(18-14(17-12)20-2)19-8-10-21-11-9-19/h3-11H2,1-2H3,(H,15,16,17,18). The number of unbranched alkanes of at least 4 members (excludes halogenated alkanes) is 3. The summed E-state index contributed by atoms with van der Waals surface area (Å²) in [6, 6.07) is 0.350. The summed E-state index contributed by atoms with van der Waals surface area (Å²) in [5.41, 5.74) is 0. The summed E-state index contributed by atoms with van der Waals surface area (Å²) in [6.45, 7) is 6.07. The van der Waals surface area contributed by atoms with Gasteiger partial charge in [0.05, 0.1) is 20.3 Å². The molecule has 0 unspecified atom stereocenters. The summed E-state index contributed by atoms with van der Waals surface area (Å²) in [5, 5.41) is 3.26. The third kappa shape index (κ3) is 5.00. The van der Waals surface area contributed by atoms with E-state index in [2.05, 4.69) is 32.1 Å². The van der Waals surface area contributed by atoms with E-state index in [1.54, 1.807) is 7.11 Å². The Balaban J connectivity index is 1.96. The van der Waals surface area contributed by atoms with Gasteiger partial charge in [-0.1, -0.05) is 26.2 Å². The molecule has 0 saturated carbocycles. The van der Waals surface area contributed by atoms with Crippen molar-refractivity contribution in [1.29, 1.82) is 0 Å². The van der Waals surface area contributed by atoms with Crippen molar-refractivity contribution in [1.82, 2.24) is 15.0 Å². The Morgan fingerprint density at radius 1 is 1.14 bits per heavy atom.